The molecule has 0 atom stereocenters. The molecule has 2 rings (SSSR count). The van der Waals surface area contributed by atoms with Gasteiger partial charge in [0.1, 0.15) is 0 Å². The minimum absolute atomic E-state index is 0.00127. The molecule has 122 valence electrons. The first-order valence-electron chi connectivity index (χ1n) is 8.10. The van der Waals surface area contributed by atoms with Crippen LogP contribution < -0.4 is 10.2 Å². The third-order valence-corrected chi connectivity index (χ3v) is 4.02. The van der Waals surface area contributed by atoms with Gasteiger partial charge in [-0.2, -0.15) is 0 Å². The first-order valence-corrected chi connectivity index (χ1v) is 8.10. The number of anilines is 1. The number of nitrogens with zero attached hydrogens (tertiary/aromatic N) is 2. The summed E-state index contributed by atoms with van der Waals surface area (Å²) in [6, 6.07) is 8.59. The van der Waals surface area contributed by atoms with Gasteiger partial charge in [-0.25, -0.2) is 4.79 Å². The highest BCUT2D eigenvalue weighted by atomic mass is 16.5. The summed E-state index contributed by atoms with van der Waals surface area (Å²) in [5, 5.41) is 2.87. The molecule has 1 aliphatic heterocycles. The molecule has 1 heterocycles. The molecule has 22 heavy (non-hydrogen) atoms. The monoisotopic (exact) mass is 305 g/mol. The molecule has 0 fully saturated rings. The van der Waals surface area contributed by atoms with Crippen LogP contribution in [0.2, 0.25) is 0 Å². The van der Waals surface area contributed by atoms with Crippen LogP contribution in [0.3, 0.4) is 0 Å². The summed E-state index contributed by atoms with van der Waals surface area (Å²) in [4.78, 5) is 16.3. The number of carbonyl (C=O) groups is 1. The zero-order chi connectivity index (χ0) is 15.8. The predicted octanol–water partition coefficient (Wildman–Crippen LogP) is 2.12. The van der Waals surface area contributed by atoms with Crippen molar-refractivity contribution < 1.29 is 9.53 Å². The number of hydrogen-bond donors (Lipinski definition) is 1. The summed E-state index contributed by atoms with van der Waals surface area (Å²) in [5.41, 5.74) is 2.78. The third-order valence-electron chi connectivity index (χ3n) is 4.02. The molecule has 0 radical (unpaired) electrons. The Morgan fingerprint density at radius 3 is 2.95 bits per heavy atom. The van der Waals surface area contributed by atoms with Crippen molar-refractivity contribution in [3.8, 4) is 0 Å². The van der Waals surface area contributed by atoms with E-state index in [2.05, 4.69) is 34.5 Å². The van der Waals surface area contributed by atoms with Crippen LogP contribution in [-0.2, 0) is 11.2 Å². The van der Waals surface area contributed by atoms with E-state index >= 15 is 0 Å². The average Bonchev–Trinajstić information content (AvgIpc) is 2.94. The fraction of sp³-hybridized carbons (Fsp3) is 0.588. The van der Waals surface area contributed by atoms with Gasteiger partial charge < -0.3 is 19.9 Å². The van der Waals surface area contributed by atoms with Gasteiger partial charge in [-0.15, -0.1) is 0 Å². The third kappa shape index (κ3) is 4.37. The lowest BCUT2D eigenvalue weighted by Gasteiger charge is -2.25. The van der Waals surface area contributed by atoms with Gasteiger partial charge in [0, 0.05) is 45.5 Å². The lowest BCUT2D eigenvalue weighted by Crippen LogP contribution is -2.42. The van der Waals surface area contributed by atoms with Gasteiger partial charge in [0.25, 0.3) is 0 Å². The van der Waals surface area contributed by atoms with Gasteiger partial charge in [0.2, 0.25) is 0 Å². The molecule has 2 amide bonds. The second-order valence-electron chi connectivity index (χ2n) is 5.53. The number of carbonyl (C=O) groups excluding carboxylic acids is 1. The molecule has 1 N–H and O–H groups in total. The number of amides is 2. The largest absolute Gasteiger partial charge is 0.383 e. The molecule has 5 nitrogen and oxygen atoms in total. The maximum atomic E-state index is 12.0. The first kappa shape index (κ1) is 16.6. The van der Waals surface area contributed by atoms with E-state index in [0.717, 1.165) is 32.5 Å². The van der Waals surface area contributed by atoms with Crippen molar-refractivity contribution in [1.29, 1.82) is 0 Å². The van der Waals surface area contributed by atoms with E-state index < -0.39 is 0 Å². The number of ether oxygens (including phenoxy) is 1. The Morgan fingerprint density at radius 1 is 1.36 bits per heavy atom. The number of fused-ring (bicyclic) bond motifs is 1. The van der Waals surface area contributed by atoms with E-state index in [1.807, 2.05) is 11.8 Å². The van der Waals surface area contributed by atoms with E-state index in [4.69, 9.17) is 4.74 Å². The van der Waals surface area contributed by atoms with Crippen molar-refractivity contribution in [3.05, 3.63) is 29.8 Å². The number of rotatable bonds is 8. The molecule has 0 aliphatic carbocycles. The lowest BCUT2D eigenvalue weighted by molar-refractivity contribution is 0.149. The van der Waals surface area contributed by atoms with Gasteiger partial charge in [0.05, 0.1) is 6.61 Å². The standard InChI is InChI=1S/C17H27N3O2/c1-3-18-17(21)20(13-14-22-2)11-6-10-19-12-9-15-7-4-5-8-16(15)19/h4-5,7-8H,3,6,9-14H2,1-2H3,(H,18,21). The molecular weight excluding hydrogens is 278 g/mol. The van der Waals surface area contributed by atoms with Gasteiger partial charge >= 0.3 is 6.03 Å². The molecule has 0 aromatic heterocycles. The fourth-order valence-electron chi connectivity index (χ4n) is 2.87. The van der Waals surface area contributed by atoms with E-state index in [9.17, 15) is 4.79 Å². The zero-order valence-corrected chi connectivity index (χ0v) is 13.7. The highest BCUT2D eigenvalue weighted by Gasteiger charge is 2.18. The molecule has 0 saturated heterocycles. The summed E-state index contributed by atoms with van der Waals surface area (Å²) < 4.78 is 5.09. The van der Waals surface area contributed by atoms with Crippen molar-refractivity contribution in [1.82, 2.24) is 10.2 Å². The summed E-state index contributed by atoms with van der Waals surface area (Å²) in [6.07, 6.45) is 2.09. The Bertz CT molecular complexity index is 479. The molecule has 1 aliphatic rings. The van der Waals surface area contributed by atoms with Crippen molar-refractivity contribution in [2.24, 2.45) is 0 Å². The zero-order valence-electron chi connectivity index (χ0n) is 13.7. The minimum Gasteiger partial charge on any atom is -0.383 e. The Balaban J connectivity index is 1.81. The Morgan fingerprint density at radius 2 is 2.18 bits per heavy atom. The maximum absolute atomic E-state index is 12.0. The summed E-state index contributed by atoms with van der Waals surface area (Å²) in [5.74, 6) is 0. The smallest absolute Gasteiger partial charge is 0.317 e. The van der Waals surface area contributed by atoms with E-state index in [1.165, 1.54) is 11.3 Å². The van der Waals surface area contributed by atoms with Crippen molar-refractivity contribution in [2.75, 3.05) is 51.3 Å². The van der Waals surface area contributed by atoms with Gasteiger partial charge in [-0.1, -0.05) is 18.2 Å². The number of nitrogens with one attached hydrogen (secondary N) is 1. The molecule has 1 aromatic carbocycles. The minimum atomic E-state index is 0.00127. The van der Waals surface area contributed by atoms with Crippen molar-refractivity contribution >= 4 is 11.7 Å². The normalized spacial score (nSPS) is 13.1. The SMILES string of the molecule is CCNC(=O)N(CCCN1CCc2ccccc21)CCOC. The van der Waals surface area contributed by atoms with Crippen LogP contribution in [0.4, 0.5) is 10.5 Å². The van der Waals surface area contributed by atoms with Gasteiger partial charge in [0.15, 0.2) is 0 Å². The fourth-order valence-corrected chi connectivity index (χ4v) is 2.87. The molecular formula is C17H27N3O2. The van der Waals surface area contributed by atoms with Crippen LogP contribution in [0.1, 0.15) is 18.9 Å². The van der Waals surface area contributed by atoms with Crippen LogP contribution >= 0.6 is 0 Å². The number of methoxy groups -OCH3 is 1. The topological polar surface area (TPSA) is 44.8 Å². The van der Waals surface area contributed by atoms with Crippen molar-refractivity contribution in [3.63, 3.8) is 0 Å². The molecule has 0 saturated carbocycles. The first-order chi connectivity index (χ1) is 10.8. The molecule has 0 bridgehead atoms. The Kier molecular flexibility index (Phi) is 6.52. The quantitative estimate of drug-likeness (QED) is 0.800. The second-order valence-corrected chi connectivity index (χ2v) is 5.53. The molecule has 0 spiro atoms. The van der Waals surface area contributed by atoms with Crippen LogP contribution in [0.25, 0.3) is 0 Å². The highest BCUT2D eigenvalue weighted by molar-refractivity contribution is 5.74. The second kappa shape index (κ2) is 8.63. The number of urea groups is 1. The summed E-state index contributed by atoms with van der Waals surface area (Å²) in [6.45, 7) is 6.63. The molecule has 0 unspecified atom stereocenters. The Hall–Kier alpha value is -1.75. The highest BCUT2D eigenvalue weighted by Crippen LogP contribution is 2.27. The lowest BCUT2D eigenvalue weighted by atomic mass is 10.2. The number of benzene rings is 1. The van der Waals surface area contributed by atoms with E-state index in [1.54, 1.807) is 7.11 Å². The number of hydrogen-bond acceptors (Lipinski definition) is 3. The van der Waals surface area contributed by atoms with Crippen LogP contribution in [-0.4, -0.2) is 57.4 Å². The van der Waals surface area contributed by atoms with Crippen LogP contribution in [0.15, 0.2) is 24.3 Å². The summed E-state index contributed by atoms with van der Waals surface area (Å²) >= 11 is 0. The van der Waals surface area contributed by atoms with E-state index in [0.29, 0.717) is 19.7 Å². The van der Waals surface area contributed by atoms with Gasteiger partial charge in [-0.3, -0.25) is 0 Å². The maximum Gasteiger partial charge on any atom is 0.317 e. The van der Waals surface area contributed by atoms with Crippen molar-refractivity contribution in [2.45, 2.75) is 19.8 Å². The van der Waals surface area contributed by atoms with Crippen LogP contribution in [0, 0.1) is 0 Å². The number of para-hydroxylation sites is 1. The van der Waals surface area contributed by atoms with Gasteiger partial charge in [-0.05, 0) is 31.4 Å². The van der Waals surface area contributed by atoms with Crippen LogP contribution in [0.5, 0.6) is 0 Å². The molecule has 1 aromatic rings. The average molecular weight is 305 g/mol. The van der Waals surface area contributed by atoms with E-state index in [-0.39, 0.29) is 6.03 Å². The Labute approximate surface area is 133 Å². The molecule has 5 heteroatoms. The summed E-state index contributed by atoms with van der Waals surface area (Å²) in [7, 11) is 1.66. The predicted molar refractivity (Wildman–Crippen MR) is 89.5 cm³/mol.